The van der Waals surface area contributed by atoms with E-state index < -0.39 is 0 Å². The summed E-state index contributed by atoms with van der Waals surface area (Å²) in [6.07, 6.45) is 0. The molecule has 0 saturated carbocycles. The lowest BCUT2D eigenvalue weighted by Crippen LogP contribution is -2.10. The van der Waals surface area contributed by atoms with Crippen molar-refractivity contribution in [3.63, 3.8) is 0 Å². The van der Waals surface area contributed by atoms with Crippen LogP contribution in [0.15, 0.2) is 217 Å². The van der Waals surface area contributed by atoms with Crippen LogP contribution in [-0.4, -0.2) is 0 Å². The van der Waals surface area contributed by atoms with Gasteiger partial charge in [0.05, 0.1) is 21.5 Å². The second-order valence-corrected chi connectivity index (χ2v) is 16.3. The molecule has 2 aromatic heterocycles. The summed E-state index contributed by atoms with van der Waals surface area (Å²) in [4.78, 5) is 2.47. The van der Waals surface area contributed by atoms with Gasteiger partial charge in [0.1, 0.15) is 11.2 Å². The van der Waals surface area contributed by atoms with E-state index >= 15 is 0 Å². The maximum Gasteiger partial charge on any atom is 0.145 e. The van der Waals surface area contributed by atoms with Gasteiger partial charge in [0.25, 0.3) is 0 Å². The molecule has 0 bridgehead atoms. The van der Waals surface area contributed by atoms with Gasteiger partial charge in [0.2, 0.25) is 0 Å². The van der Waals surface area contributed by atoms with Gasteiger partial charge in [0.15, 0.2) is 0 Å². The molecule has 10 aromatic carbocycles. The van der Waals surface area contributed by atoms with Gasteiger partial charge in [-0.15, -0.1) is 11.3 Å². The molecule has 59 heavy (non-hydrogen) atoms. The third kappa shape index (κ3) is 5.55. The lowest BCUT2D eigenvalue weighted by molar-refractivity contribution is 0.670. The van der Waals surface area contributed by atoms with Gasteiger partial charge < -0.3 is 9.32 Å². The minimum atomic E-state index is 0.865. The molecule has 0 amide bonds. The molecule has 0 aliphatic rings. The summed E-state index contributed by atoms with van der Waals surface area (Å²) in [5.41, 5.74) is 12.0. The fraction of sp³-hybridized carbons (Fsp3) is 0. The van der Waals surface area contributed by atoms with Crippen molar-refractivity contribution in [3.05, 3.63) is 212 Å². The number of fused-ring (bicyclic) bond motifs is 9. The van der Waals surface area contributed by atoms with Crippen molar-refractivity contribution in [2.75, 3.05) is 4.90 Å². The molecular weight excluding hydrogens is 735 g/mol. The Labute approximate surface area is 345 Å². The number of nitrogens with zero attached hydrogens (tertiary/aromatic N) is 1. The Morgan fingerprint density at radius 3 is 1.78 bits per heavy atom. The zero-order valence-corrected chi connectivity index (χ0v) is 32.8. The van der Waals surface area contributed by atoms with Crippen molar-refractivity contribution in [2.45, 2.75) is 0 Å². The molecule has 0 aliphatic heterocycles. The first-order chi connectivity index (χ1) is 29.2. The van der Waals surface area contributed by atoms with Gasteiger partial charge in [-0.3, -0.25) is 0 Å². The molecule has 0 fully saturated rings. The molecule has 0 atom stereocenters. The van der Waals surface area contributed by atoms with Crippen LogP contribution in [0.4, 0.5) is 17.1 Å². The Hall–Kier alpha value is -7.46. The monoisotopic (exact) mass is 769 g/mol. The molecule has 12 aromatic rings. The topological polar surface area (TPSA) is 16.4 Å². The number of hydrogen-bond acceptors (Lipinski definition) is 3. The van der Waals surface area contributed by atoms with Crippen molar-refractivity contribution in [3.8, 4) is 33.4 Å². The van der Waals surface area contributed by atoms with Gasteiger partial charge >= 0.3 is 0 Å². The predicted octanol–water partition coefficient (Wildman–Crippen LogP) is 16.7. The zero-order valence-electron chi connectivity index (χ0n) is 32.0. The number of rotatable bonds is 6. The Kier molecular flexibility index (Phi) is 7.75. The van der Waals surface area contributed by atoms with Crippen LogP contribution in [0.1, 0.15) is 0 Å². The molecular formula is C56H35NOS. The second-order valence-electron chi connectivity index (χ2n) is 15.2. The first-order valence-corrected chi connectivity index (χ1v) is 20.9. The van der Waals surface area contributed by atoms with Crippen molar-refractivity contribution < 1.29 is 4.42 Å². The van der Waals surface area contributed by atoms with Gasteiger partial charge in [-0.2, -0.15) is 0 Å². The highest BCUT2D eigenvalue weighted by atomic mass is 32.1. The first-order valence-electron chi connectivity index (χ1n) is 20.1. The van der Waals surface area contributed by atoms with E-state index in [2.05, 4.69) is 217 Å². The molecule has 12 rings (SSSR count). The van der Waals surface area contributed by atoms with Crippen LogP contribution in [0.2, 0.25) is 0 Å². The van der Waals surface area contributed by atoms with Crippen molar-refractivity contribution >= 4 is 92.1 Å². The lowest BCUT2D eigenvalue weighted by atomic mass is 9.98. The van der Waals surface area contributed by atoms with E-state index in [9.17, 15) is 0 Å². The fourth-order valence-electron chi connectivity index (χ4n) is 9.02. The van der Waals surface area contributed by atoms with Gasteiger partial charge in [-0.25, -0.2) is 0 Å². The van der Waals surface area contributed by atoms with E-state index in [0.29, 0.717) is 0 Å². The minimum absolute atomic E-state index is 0.865. The summed E-state index contributed by atoms with van der Waals surface area (Å²) in [7, 11) is 0. The molecule has 0 aliphatic carbocycles. The van der Waals surface area contributed by atoms with Crippen LogP contribution in [0, 0.1) is 0 Å². The third-order valence-corrected chi connectivity index (χ3v) is 13.0. The average Bonchev–Trinajstić information content (AvgIpc) is 3.89. The molecule has 0 saturated heterocycles. The summed E-state index contributed by atoms with van der Waals surface area (Å²) >= 11 is 1.87. The normalized spacial score (nSPS) is 11.7. The SMILES string of the molecule is c1ccc(-c2ccc3c(c2)oc2c(-c4ccccc4)ccc(N(c4ccc5c(ccc6ccccc65)c4)c4cccc5c4sc4cc(-c6ccccc6)ccc45)c23)cc1. The molecule has 2 nitrogen and oxygen atoms in total. The Morgan fingerprint density at radius 1 is 0.373 bits per heavy atom. The number of benzene rings is 10. The average molecular weight is 770 g/mol. The summed E-state index contributed by atoms with van der Waals surface area (Å²) in [6.45, 7) is 0. The van der Waals surface area contributed by atoms with Gasteiger partial charge in [-0.1, -0.05) is 164 Å². The lowest BCUT2D eigenvalue weighted by Gasteiger charge is -2.27. The van der Waals surface area contributed by atoms with Crippen LogP contribution in [0.3, 0.4) is 0 Å². The zero-order chi connectivity index (χ0) is 38.9. The number of hydrogen-bond donors (Lipinski definition) is 0. The molecule has 0 spiro atoms. The minimum Gasteiger partial charge on any atom is -0.455 e. The largest absolute Gasteiger partial charge is 0.455 e. The first kappa shape index (κ1) is 33.7. The number of thiophene rings is 1. The maximum atomic E-state index is 7.05. The highest BCUT2D eigenvalue weighted by Gasteiger charge is 2.25. The Balaban J connectivity index is 1.15. The molecule has 0 unspecified atom stereocenters. The second kappa shape index (κ2) is 13.6. The standard InChI is InChI=1S/C56H35NOS/c1-4-13-36(14-5-1)40-26-29-49-52(34-40)58-55-46(38-17-8-3-9-18-38)31-32-50(54(49)55)57(43-27-30-45-42(33-43)24-23-39-19-10-11-20-44(39)45)51-22-12-21-48-47-28-25-41(35-53(47)59-56(48)51)37-15-6-2-7-16-37/h1-35H. The summed E-state index contributed by atoms with van der Waals surface area (Å²) in [6, 6.07) is 76.8. The Morgan fingerprint density at radius 2 is 1.00 bits per heavy atom. The smallest absolute Gasteiger partial charge is 0.145 e. The molecule has 276 valence electrons. The number of anilines is 3. The third-order valence-electron chi connectivity index (χ3n) is 11.8. The van der Waals surface area contributed by atoms with E-state index in [0.717, 1.165) is 61.3 Å². The van der Waals surface area contributed by atoms with E-state index in [-0.39, 0.29) is 0 Å². The summed E-state index contributed by atoms with van der Waals surface area (Å²) < 4.78 is 9.56. The van der Waals surface area contributed by atoms with E-state index in [1.165, 1.54) is 52.8 Å². The highest BCUT2D eigenvalue weighted by molar-refractivity contribution is 7.26. The van der Waals surface area contributed by atoms with Crippen molar-refractivity contribution in [1.82, 2.24) is 0 Å². The predicted molar refractivity (Wildman–Crippen MR) is 253 cm³/mol. The van der Waals surface area contributed by atoms with Crippen molar-refractivity contribution in [1.29, 1.82) is 0 Å². The van der Waals surface area contributed by atoms with E-state index in [4.69, 9.17) is 4.42 Å². The van der Waals surface area contributed by atoms with Crippen LogP contribution < -0.4 is 4.90 Å². The highest BCUT2D eigenvalue weighted by Crippen LogP contribution is 2.50. The molecule has 2 heterocycles. The van der Waals surface area contributed by atoms with Gasteiger partial charge in [0, 0.05) is 32.1 Å². The Bertz CT molecular complexity index is 3550. The molecule has 0 N–H and O–H groups in total. The molecule has 0 radical (unpaired) electrons. The van der Waals surface area contributed by atoms with Crippen LogP contribution >= 0.6 is 11.3 Å². The van der Waals surface area contributed by atoms with Crippen LogP contribution in [-0.2, 0) is 0 Å². The van der Waals surface area contributed by atoms with E-state index in [1.54, 1.807) is 0 Å². The van der Waals surface area contributed by atoms with Crippen molar-refractivity contribution in [2.24, 2.45) is 0 Å². The fourth-order valence-corrected chi connectivity index (χ4v) is 10.3. The van der Waals surface area contributed by atoms with Gasteiger partial charge in [-0.05, 0) is 97.9 Å². The van der Waals surface area contributed by atoms with E-state index in [1.807, 2.05) is 11.3 Å². The van der Waals surface area contributed by atoms with Crippen LogP contribution in [0.5, 0.6) is 0 Å². The quantitative estimate of drug-likeness (QED) is 0.157. The maximum absolute atomic E-state index is 7.05. The molecule has 3 heteroatoms. The van der Waals surface area contributed by atoms with Crippen LogP contribution in [0.25, 0.3) is 97.0 Å². The summed E-state index contributed by atoms with van der Waals surface area (Å²) in [5.74, 6) is 0. The summed E-state index contributed by atoms with van der Waals surface area (Å²) in [5, 5.41) is 9.63. The number of furan rings is 1.